The molecule has 0 fully saturated rings. The van der Waals surface area contributed by atoms with Crippen molar-refractivity contribution in [2.75, 3.05) is 5.32 Å². The van der Waals surface area contributed by atoms with E-state index in [9.17, 15) is 0 Å². The molecule has 0 atom stereocenters. The number of benzene rings is 2. The van der Waals surface area contributed by atoms with Gasteiger partial charge in [-0.25, -0.2) is 9.97 Å². The highest BCUT2D eigenvalue weighted by atomic mass is 15.2. The van der Waals surface area contributed by atoms with Gasteiger partial charge in [-0.15, -0.1) is 0 Å². The molecule has 0 unspecified atom stereocenters. The zero-order valence-corrected chi connectivity index (χ0v) is 14.5. The van der Waals surface area contributed by atoms with Crippen LogP contribution in [0.15, 0.2) is 54.9 Å². The van der Waals surface area contributed by atoms with Crippen LogP contribution in [-0.2, 0) is 0 Å². The molecule has 4 rings (SSSR count). The Bertz CT molecular complexity index is 1030. The summed E-state index contributed by atoms with van der Waals surface area (Å²) < 4.78 is 1.99. The largest absolute Gasteiger partial charge is 0.324 e. The molecule has 4 aromatic rings. The maximum Gasteiger partial charge on any atom is 0.229 e. The molecule has 1 N–H and O–H groups in total. The van der Waals surface area contributed by atoms with Crippen molar-refractivity contribution in [3.8, 4) is 5.69 Å². The number of hydrogen-bond acceptors (Lipinski definition) is 4. The molecule has 2 heterocycles. The lowest BCUT2D eigenvalue weighted by Crippen LogP contribution is -2.02. The summed E-state index contributed by atoms with van der Waals surface area (Å²) in [6, 6.07) is 16.5. The summed E-state index contributed by atoms with van der Waals surface area (Å²) in [5.74, 6) is 0.572. The van der Waals surface area contributed by atoms with Crippen LogP contribution < -0.4 is 5.32 Å². The fourth-order valence-corrected chi connectivity index (χ4v) is 2.76. The van der Waals surface area contributed by atoms with Crippen LogP contribution in [0.5, 0.6) is 0 Å². The Labute approximate surface area is 146 Å². The molecule has 0 aliphatic heterocycles. The fourth-order valence-electron chi connectivity index (χ4n) is 2.76. The third kappa shape index (κ3) is 2.96. The Morgan fingerprint density at radius 3 is 2.12 bits per heavy atom. The molecule has 0 saturated carbocycles. The Hall–Kier alpha value is -3.21. The Morgan fingerprint density at radius 2 is 1.44 bits per heavy atom. The SMILES string of the molecule is Cc1ccc(Nc2nc(C)c3ncn(-c4ccc(C)cc4)c3n2)cc1. The second-order valence-electron chi connectivity index (χ2n) is 6.25. The lowest BCUT2D eigenvalue weighted by Gasteiger charge is -2.08. The molecule has 0 radical (unpaired) electrons. The van der Waals surface area contributed by atoms with E-state index in [1.165, 1.54) is 11.1 Å². The normalized spacial score (nSPS) is 11.0. The Balaban J connectivity index is 1.78. The number of rotatable bonds is 3. The van der Waals surface area contributed by atoms with Crippen LogP contribution in [0.1, 0.15) is 16.8 Å². The van der Waals surface area contributed by atoms with Crippen LogP contribution in [-0.4, -0.2) is 19.5 Å². The van der Waals surface area contributed by atoms with Gasteiger partial charge in [0.2, 0.25) is 5.95 Å². The third-order valence-electron chi connectivity index (χ3n) is 4.19. The minimum atomic E-state index is 0.572. The molecule has 5 heteroatoms. The van der Waals surface area contributed by atoms with Crippen LogP contribution in [0, 0.1) is 20.8 Å². The molecular formula is C20H19N5. The van der Waals surface area contributed by atoms with Crippen molar-refractivity contribution >= 4 is 22.8 Å². The number of nitrogens with one attached hydrogen (secondary N) is 1. The standard InChI is InChI=1S/C20H19N5/c1-13-4-8-16(9-5-13)23-20-22-15(3)18-19(24-20)25(12-21-18)17-10-6-14(2)7-11-17/h4-12H,1-3H3,(H,22,23,24). The maximum absolute atomic E-state index is 4.69. The number of anilines is 2. The van der Waals surface area contributed by atoms with Gasteiger partial charge in [0, 0.05) is 11.4 Å². The zero-order chi connectivity index (χ0) is 17.4. The van der Waals surface area contributed by atoms with Gasteiger partial charge in [0.05, 0.1) is 5.69 Å². The molecular weight excluding hydrogens is 310 g/mol. The first-order valence-corrected chi connectivity index (χ1v) is 8.22. The summed E-state index contributed by atoms with van der Waals surface area (Å²) in [6.07, 6.45) is 1.80. The lowest BCUT2D eigenvalue weighted by atomic mass is 10.2. The first kappa shape index (κ1) is 15.3. The van der Waals surface area contributed by atoms with E-state index in [1.807, 2.05) is 23.6 Å². The van der Waals surface area contributed by atoms with Gasteiger partial charge >= 0.3 is 0 Å². The van der Waals surface area contributed by atoms with Crippen molar-refractivity contribution in [2.45, 2.75) is 20.8 Å². The molecule has 124 valence electrons. The van der Waals surface area contributed by atoms with Crippen LogP contribution in [0.2, 0.25) is 0 Å². The summed E-state index contributed by atoms with van der Waals surface area (Å²) in [4.78, 5) is 13.7. The zero-order valence-electron chi connectivity index (χ0n) is 14.5. The number of aromatic nitrogens is 4. The maximum atomic E-state index is 4.69. The van der Waals surface area contributed by atoms with Gasteiger partial charge in [0.1, 0.15) is 11.8 Å². The summed E-state index contributed by atoms with van der Waals surface area (Å²) in [5.41, 5.74) is 6.90. The second-order valence-corrected chi connectivity index (χ2v) is 6.25. The Kier molecular flexibility index (Phi) is 3.69. The van der Waals surface area contributed by atoms with Gasteiger partial charge in [-0.05, 0) is 45.0 Å². The van der Waals surface area contributed by atoms with Crippen LogP contribution in [0.4, 0.5) is 11.6 Å². The number of hydrogen-bond donors (Lipinski definition) is 1. The molecule has 25 heavy (non-hydrogen) atoms. The summed E-state index contributed by atoms with van der Waals surface area (Å²) in [6.45, 7) is 6.10. The second kappa shape index (κ2) is 6.02. The number of nitrogens with zero attached hydrogens (tertiary/aromatic N) is 4. The van der Waals surface area contributed by atoms with Gasteiger partial charge < -0.3 is 5.32 Å². The van der Waals surface area contributed by atoms with Crippen LogP contribution in [0.25, 0.3) is 16.9 Å². The predicted octanol–water partition coefficient (Wildman–Crippen LogP) is 4.48. The molecule has 5 nitrogen and oxygen atoms in total. The van der Waals surface area contributed by atoms with E-state index in [4.69, 9.17) is 4.98 Å². The van der Waals surface area contributed by atoms with E-state index in [1.54, 1.807) is 6.33 Å². The molecule has 0 spiro atoms. The average molecular weight is 329 g/mol. The highest BCUT2D eigenvalue weighted by Crippen LogP contribution is 2.22. The van der Waals surface area contributed by atoms with Gasteiger partial charge in [-0.1, -0.05) is 35.4 Å². The van der Waals surface area contributed by atoms with E-state index >= 15 is 0 Å². The van der Waals surface area contributed by atoms with E-state index in [2.05, 4.69) is 65.5 Å². The highest BCUT2D eigenvalue weighted by molar-refractivity contribution is 5.77. The molecule has 0 amide bonds. The smallest absolute Gasteiger partial charge is 0.229 e. The third-order valence-corrected chi connectivity index (χ3v) is 4.19. The number of imidazole rings is 1. The monoisotopic (exact) mass is 329 g/mol. The first-order valence-electron chi connectivity index (χ1n) is 8.22. The lowest BCUT2D eigenvalue weighted by molar-refractivity contribution is 1.05. The van der Waals surface area contributed by atoms with Crippen molar-refractivity contribution in [1.29, 1.82) is 0 Å². The summed E-state index contributed by atoms with van der Waals surface area (Å²) in [5, 5.41) is 3.28. The van der Waals surface area contributed by atoms with Gasteiger partial charge in [-0.3, -0.25) is 4.57 Å². The topological polar surface area (TPSA) is 55.6 Å². The van der Waals surface area contributed by atoms with Gasteiger partial charge in [0.25, 0.3) is 0 Å². The molecule has 0 saturated heterocycles. The number of aryl methyl sites for hydroxylation is 3. The van der Waals surface area contributed by atoms with Crippen LogP contribution in [0.3, 0.4) is 0 Å². The fraction of sp³-hybridized carbons (Fsp3) is 0.150. The van der Waals surface area contributed by atoms with Gasteiger partial charge in [0.15, 0.2) is 5.65 Å². The highest BCUT2D eigenvalue weighted by Gasteiger charge is 2.12. The summed E-state index contributed by atoms with van der Waals surface area (Å²) >= 11 is 0. The van der Waals surface area contributed by atoms with Crippen molar-refractivity contribution in [3.05, 3.63) is 71.7 Å². The molecule has 0 aliphatic carbocycles. The van der Waals surface area contributed by atoms with Crippen molar-refractivity contribution in [2.24, 2.45) is 0 Å². The summed E-state index contributed by atoms with van der Waals surface area (Å²) in [7, 11) is 0. The molecule has 0 bridgehead atoms. The minimum absolute atomic E-state index is 0.572. The Morgan fingerprint density at radius 1 is 0.800 bits per heavy atom. The minimum Gasteiger partial charge on any atom is -0.324 e. The van der Waals surface area contributed by atoms with E-state index in [0.717, 1.165) is 28.2 Å². The molecule has 2 aromatic carbocycles. The first-order chi connectivity index (χ1) is 12.1. The van der Waals surface area contributed by atoms with E-state index < -0.39 is 0 Å². The van der Waals surface area contributed by atoms with Gasteiger partial charge in [-0.2, -0.15) is 4.98 Å². The average Bonchev–Trinajstić information content (AvgIpc) is 3.02. The quantitative estimate of drug-likeness (QED) is 0.602. The van der Waals surface area contributed by atoms with Crippen molar-refractivity contribution < 1.29 is 0 Å². The van der Waals surface area contributed by atoms with Crippen molar-refractivity contribution in [3.63, 3.8) is 0 Å². The van der Waals surface area contributed by atoms with Crippen molar-refractivity contribution in [1.82, 2.24) is 19.5 Å². The molecule has 2 aromatic heterocycles. The molecule has 0 aliphatic rings. The predicted molar refractivity (Wildman–Crippen MR) is 101 cm³/mol. The van der Waals surface area contributed by atoms with Crippen LogP contribution >= 0.6 is 0 Å². The van der Waals surface area contributed by atoms with E-state index in [0.29, 0.717) is 5.95 Å². The van der Waals surface area contributed by atoms with E-state index in [-0.39, 0.29) is 0 Å². The number of fused-ring (bicyclic) bond motifs is 1.